The molecule has 0 saturated heterocycles. The lowest BCUT2D eigenvalue weighted by atomic mass is 10.1. The van der Waals surface area contributed by atoms with E-state index in [0.29, 0.717) is 0 Å². The van der Waals surface area contributed by atoms with Crippen molar-refractivity contribution in [2.24, 2.45) is 0 Å². The largest absolute Gasteiger partial charge is 0.0616 e. The van der Waals surface area contributed by atoms with Gasteiger partial charge in [-0.05, 0) is 31.4 Å². The Bertz CT molecular complexity index is 380. The summed E-state index contributed by atoms with van der Waals surface area (Å²) in [6.07, 6.45) is 0. The van der Waals surface area contributed by atoms with Crippen LogP contribution in [0, 0.1) is 0 Å². The molecule has 1 heterocycles. The lowest BCUT2D eigenvalue weighted by Gasteiger charge is -1.92. The van der Waals surface area contributed by atoms with Gasteiger partial charge in [-0.1, -0.05) is 70.1 Å². The van der Waals surface area contributed by atoms with E-state index in [1.165, 1.54) is 10.8 Å². The summed E-state index contributed by atoms with van der Waals surface area (Å²) in [5, 5.41) is 6.78. The van der Waals surface area contributed by atoms with Crippen LogP contribution < -0.4 is 0 Å². The van der Waals surface area contributed by atoms with E-state index in [9.17, 15) is 0 Å². The van der Waals surface area contributed by atoms with Gasteiger partial charge < -0.3 is 0 Å². The second-order valence-electron chi connectivity index (χ2n) is 2.88. The molecule has 0 amide bonds. The Hall–Kier alpha value is -0.510. The summed E-state index contributed by atoms with van der Waals surface area (Å²) in [4.78, 5) is 0. The summed E-state index contributed by atoms with van der Waals surface area (Å²) >= 11 is 0. The summed E-state index contributed by atoms with van der Waals surface area (Å²) < 4.78 is 0. The molecule has 2 aromatic carbocycles. The maximum Gasteiger partial charge on any atom is -0.0101 e. The molecular formula is C12H10S3. The molecule has 0 saturated carbocycles. The maximum atomic E-state index is 2.12. The van der Waals surface area contributed by atoms with E-state index in [1.54, 1.807) is 31.4 Å². The molecule has 1 aliphatic rings. The summed E-state index contributed by atoms with van der Waals surface area (Å²) in [6.45, 7) is 0. The third-order valence-corrected chi connectivity index (χ3v) is 5.28. The van der Waals surface area contributed by atoms with Gasteiger partial charge in [0.05, 0.1) is 0 Å². The van der Waals surface area contributed by atoms with E-state index >= 15 is 0 Å². The van der Waals surface area contributed by atoms with Crippen molar-refractivity contribution < 1.29 is 0 Å². The standard InChI is InChI=1S/C10H8.C2H2S3/c1-2-6-10-8-4-3-7-9(10)5-1;1-2-4-5-3-1/h1-8H;1-2H. The molecule has 0 aromatic heterocycles. The quantitative estimate of drug-likeness (QED) is 0.579. The van der Waals surface area contributed by atoms with Crippen LogP contribution in [0.5, 0.6) is 0 Å². The van der Waals surface area contributed by atoms with Crippen LogP contribution in [-0.2, 0) is 0 Å². The van der Waals surface area contributed by atoms with E-state index in [-0.39, 0.29) is 0 Å². The average Bonchev–Trinajstić information content (AvgIpc) is 2.88. The van der Waals surface area contributed by atoms with Gasteiger partial charge in [-0.2, -0.15) is 0 Å². The number of benzene rings is 2. The van der Waals surface area contributed by atoms with Crippen LogP contribution in [0.1, 0.15) is 0 Å². The van der Waals surface area contributed by atoms with Gasteiger partial charge in [-0.3, -0.25) is 0 Å². The SMILES string of the molecule is C1=CSSS1.c1ccc2ccccc2c1. The number of hydrogen-bond acceptors (Lipinski definition) is 3. The summed E-state index contributed by atoms with van der Waals surface area (Å²) in [5.41, 5.74) is 0. The number of hydrogen-bond donors (Lipinski definition) is 0. The second kappa shape index (κ2) is 6.16. The third-order valence-electron chi connectivity index (χ3n) is 1.90. The summed E-state index contributed by atoms with van der Waals surface area (Å²) in [6, 6.07) is 16.7. The van der Waals surface area contributed by atoms with Crippen molar-refractivity contribution in [2.45, 2.75) is 0 Å². The van der Waals surface area contributed by atoms with Crippen LogP contribution in [0.3, 0.4) is 0 Å². The molecule has 0 fully saturated rings. The Kier molecular flexibility index (Phi) is 4.51. The maximum absolute atomic E-state index is 2.12. The normalized spacial score (nSPS) is 13.6. The summed E-state index contributed by atoms with van der Waals surface area (Å²) in [7, 11) is 5.34. The predicted octanol–water partition coefficient (Wildman–Crippen LogP) is 5.34. The molecular weight excluding hydrogens is 240 g/mol. The zero-order valence-electron chi connectivity index (χ0n) is 8.00. The van der Waals surface area contributed by atoms with Crippen LogP contribution in [-0.4, -0.2) is 0 Å². The van der Waals surface area contributed by atoms with Crippen LogP contribution in [0.4, 0.5) is 0 Å². The lowest BCUT2D eigenvalue weighted by molar-refractivity contribution is 1.75. The first-order valence-corrected chi connectivity index (χ1v) is 8.15. The average molecular weight is 250 g/mol. The monoisotopic (exact) mass is 250 g/mol. The fourth-order valence-electron chi connectivity index (χ4n) is 1.25. The van der Waals surface area contributed by atoms with Crippen LogP contribution in [0.25, 0.3) is 10.8 Å². The molecule has 1 aliphatic heterocycles. The van der Waals surface area contributed by atoms with Gasteiger partial charge in [0.15, 0.2) is 0 Å². The van der Waals surface area contributed by atoms with Gasteiger partial charge in [-0.15, -0.1) is 0 Å². The van der Waals surface area contributed by atoms with E-state index in [4.69, 9.17) is 0 Å². The molecule has 3 rings (SSSR count). The minimum atomic E-state index is 1.31. The first-order chi connectivity index (χ1) is 7.47. The highest BCUT2D eigenvalue weighted by atomic mass is 33.5. The lowest BCUT2D eigenvalue weighted by Crippen LogP contribution is -1.67. The molecule has 2 aromatic rings. The first kappa shape index (κ1) is 11.0. The smallest absolute Gasteiger partial charge is 0.0101 e. The minimum Gasteiger partial charge on any atom is -0.0616 e. The highest BCUT2D eigenvalue weighted by Crippen LogP contribution is 2.42. The number of rotatable bonds is 0. The molecule has 0 bridgehead atoms. The van der Waals surface area contributed by atoms with Gasteiger partial charge in [0.2, 0.25) is 0 Å². The van der Waals surface area contributed by atoms with E-state index in [1.807, 2.05) is 0 Å². The topological polar surface area (TPSA) is 0 Å². The van der Waals surface area contributed by atoms with Gasteiger partial charge in [-0.25, -0.2) is 0 Å². The molecule has 15 heavy (non-hydrogen) atoms. The predicted molar refractivity (Wildman–Crippen MR) is 75.9 cm³/mol. The van der Waals surface area contributed by atoms with E-state index in [0.717, 1.165) is 0 Å². The molecule has 0 nitrogen and oxygen atoms in total. The highest BCUT2D eigenvalue weighted by Gasteiger charge is 1.87. The molecule has 3 heteroatoms. The minimum absolute atomic E-state index is 1.31. The van der Waals surface area contributed by atoms with Crippen LogP contribution in [0.2, 0.25) is 0 Å². The Morgan fingerprint density at radius 1 is 0.600 bits per heavy atom. The fraction of sp³-hybridized carbons (Fsp3) is 0. The molecule has 0 atom stereocenters. The van der Waals surface area contributed by atoms with E-state index < -0.39 is 0 Å². The van der Waals surface area contributed by atoms with Crippen LogP contribution in [0.15, 0.2) is 59.3 Å². The Morgan fingerprint density at radius 2 is 1.00 bits per heavy atom. The zero-order valence-corrected chi connectivity index (χ0v) is 10.4. The van der Waals surface area contributed by atoms with Crippen molar-refractivity contribution in [1.29, 1.82) is 0 Å². The summed E-state index contributed by atoms with van der Waals surface area (Å²) in [5.74, 6) is 0. The van der Waals surface area contributed by atoms with Crippen molar-refractivity contribution in [3.8, 4) is 0 Å². The van der Waals surface area contributed by atoms with Gasteiger partial charge >= 0.3 is 0 Å². The highest BCUT2D eigenvalue weighted by molar-refractivity contribution is 9.11. The Labute approximate surface area is 101 Å². The van der Waals surface area contributed by atoms with Crippen molar-refractivity contribution in [2.75, 3.05) is 0 Å². The molecule has 76 valence electrons. The van der Waals surface area contributed by atoms with E-state index in [2.05, 4.69) is 59.3 Å². The van der Waals surface area contributed by atoms with Crippen LogP contribution >= 0.6 is 31.4 Å². The van der Waals surface area contributed by atoms with Gasteiger partial charge in [0, 0.05) is 0 Å². The molecule has 0 spiro atoms. The molecule has 0 unspecified atom stereocenters. The van der Waals surface area contributed by atoms with Crippen molar-refractivity contribution >= 4 is 42.2 Å². The molecule has 0 radical (unpaired) electrons. The van der Waals surface area contributed by atoms with Gasteiger partial charge in [0.1, 0.15) is 0 Å². The fourth-order valence-corrected chi connectivity index (χ4v) is 4.19. The zero-order chi connectivity index (χ0) is 10.3. The second-order valence-corrected chi connectivity index (χ2v) is 6.73. The van der Waals surface area contributed by atoms with Gasteiger partial charge in [0.25, 0.3) is 0 Å². The van der Waals surface area contributed by atoms with Crippen molar-refractivity contribution in [3.63, 3.8) is 0 Å². The Morgan fingerprint density at radius 3 is 1.27 bits per heavy atom. The third kappa shape index (κ3) is 3.52. The van der Waals surface area contributed by atoms with Crippen molar-refractivity contribution in [3.05, 3.63) is 59.3 Å². The number of fused-ring (bicyclic) bond motifs is 1. The molecule has 0 N–H and O–H groups in total. The van der Waals surface area contributed by atoms with Crippen molar-refractivity contribution in [1.82, 2.24) is 0 Å². The molecule has 0 aliphatic carbocycles. The Balaban J connectivity index is 0.000000144. The first-order valence-electron chi connectivity index (χ1n) is 4.54.